The third kappa shape index (κ3) is 5.64. The maximum atomic E-state index is 14.9. The number of rotatable bonds is 7. The minimum atomic E-state index is -0.121. The van der Waals surface area contributed by atoms with Crippen LogP contribution in [-0.4, -0.2) is 58.6 Å². The van der Waals surface area contributed by atoms with Crippen LogP contribution in [0.25, 0.3) is 0 Å². The van der Waals surface area contributed by atoms with E-state index in [1.54, 1.807) is 11.3 Å². The molecule has 33 heavy (non-hydrogen) atoms. The summed E-state index contributed by atoms with van der Waals surface area (Å²) in [4.78, 5) is 22.1. The molecule has 2 aromatic rings. The molecule has 1 aromatic carbocycles. The Morgan fingerprint density at radius 3 is 2.67 bits per heavy atom. The number of nitrogens with zero attached hydrogens (tertiary/aromatic N) is 3. The molecule has 1 N–H and O–H groups in total. The van der Waals surface area contributed by atoms with Crippen LogP contribution in [0.1, 0.15) is 78.5 Å². The Balaban J connectivity index is 1.35. The monoisotopic (exact) mass is 473 g/mol. The molecular formula is C26H36FN3O2S. The highest BCUT2D eigenvalue weighted by molar-refractivity contribution is 7.09. The summed E-state index contributed by atoms with van der Waals surface area (Å²) in [6, 6.07) is 5.62. The summed E-state index contributed by atoms with van der Waals surface area (Å²) in [7, 11) is 0. The molecule has 0 saturated carbocycles. The predicted molar refractivity (Wildman–Crippen MR) is 130 cm³/mol. The number of benzene rings is 1. The zero-order chi connectivity index (χ0) is 23.4. The molecule has 2 aliphatic rings. The van der Waals surface area contributed by atoms with Gasteiger partial charge >= 0.3 is 0 Å². The van der Waals surface area contributed by atoms with E-state index in [9.17, 15) is 9.18 Å². The Hall–Kier alpha value is -1.83. The van der Waals surface area contributed by atoms with E-state index in [0.29, 0.717) is 36.6 Å². The van der Waals surface area contributed by atoms with Crippen molar-refractivity contribution in [2.45, 2.75) is 64.8 Å². The molecule has 0 aliphatic carbocycles. The third-order valence-electron chi connectivity index (χ3n) is 7.26. The van der Waals surface area contributed by atoms with E-state index in [2.05, 4.69) is 23.7 Å². The largest absolute Gasteiger partial charge is 0.396 e. The normalized spacial score (nSPS) is 18.9. The van der Waals surface area contributed by atoms with Gasteiger partial charge in [-0.3, -0.25) is 9.69 Å². The highest BCUT2D eigenvalue weighted by atomic mass is 32.1. The van der Waals surface area contributed by atoms with Crippen molar-refractivity contribution >= 4 is 17.2 Å². The molecule has 7 heteroatoms. The van der Waals surface area contributed by atoms with E-state index < -0.39 is 0 Å². The van der Waals surface area contributed by atoms with Gasteiger partial charge in [0.25, 0.3) is 5.91 Å². The number of thiazole rings is 1. The fraction of sp³-hybridized carbons (Fsp3) is 0.615. The van der Waals surface area contributed by atoms with Gasteiger partial charge in [0.2, 0.25) is 0 Å². The number of aromatic nitrogens is 1. The molecule has 4 rings (SSSR count). The van der Waals surface area contributed by atoms with Gasteiger partial charge in [-0.2, -0.15) is 0 Å². The van der Waals surface area contributed by atoms with Gasteiger partial charge in [0.15, 0.2) is 0 Å². The molecule has 2 saturated heterocycles. The minimum absolute atomic E-state index is 0.0708. The standard InChI is InChI=1S/C26H36FN3O2S/c1-19(2)24-28-22(17-33-24)25(32)30-12-5-9-26(18-30)10-13-29(14-11-26)16-21-7-3-6-20(23(21)27)8-4-15-31/h3,6-7,17,19,31H,4-5,8-16,18H2,1-2H3. The fourth-order valence-corrected chi connectivity index (χ4v) is 6.06. The van der Waals surface area contributed by atoms with Crippen LogP contribution in [0.3, 0.4) is 0 Å². The molecule has 1 amide bonds. The first-order valence-corrected chi connectivity index (χ1v) is 13.1. The molecule has 0 radical (unpaired) electrons. The third-order valence-corrected chi connectivity index (χ3v) is 8.40. The van der Waals surface area contributed by atoms with Crippen LogP contribution in [0, 0.1) is 11.2 Å². The van der Waals surface area contributed by atoms with Crippen molar-refractivity contribution in [3.8, 4) is 0 Å². The maximum Gasteiger partial charge on any atom is 0.273 e. The van der Waals surface area contributed by atoms with E-state index in [4.69, 9.17) is 5.11 Å². The lowest BCUT2D eigenvalue weighted by Gasteiger charge is -2.47. The van der Waals surface area contributed by atoms with Crippen molar-refractivity contribution in [3.05, 3.63) is 51.2 Å². The first-order chi connectivity index (χ1) is 15.9. The predicted octanol–water partition coefficient (Wildman–Crippen LogP) is 4.85. The summed E-state index contributed by atoms with van der Waals surface area (Å²) in [5.74, 6) is 0.292. The number of hydrogen-bond donors (Lipinski definition) is 1. The van der Waals surface area contributed by atoms with Gasteiger partial charge in [-0.1, -0.05) is 32.0 Å². The number of aliphatic hydroxyl groups excluding tert-OH is 1. The molecule has 0 bridgehead atoms. The van der Waals surface area contributed by atoms with Gasteiger partial charge in [-0.15, -0.1) is 11.3 Å². The average Bonchev–Trinajstić information content (AvgIpc) is 3.32. The number of aryl methyl sites for hydroxylation is 1. The number of aliphatic hydroxyl groups is 1. The van der Waals surface area contributed by atoms with Crippen molar-refractivity contribution in [1.82, 2.24) is 14.8 Å². The molecular weight excluding hydrogens is 437 g/mol. The summed E-state index contributed by atoms with van der Waals surface area (Å²) in [6.07, 6.45) is 5.43. The van der Waals surface area contributed by atoms with Crippen LogP contribution in [0.4, 0.5) is 4.39 Å². The lowest BCUT2D eigenvalue weighted by molar-refractivity contribution is 0.0193. The lowest BCUT2D eigenvalue weighted by Crippen LogP contribution is -2.51. The van der Waals surface area contributed by atoms with Crippen molar-refractivity contribution < 1.29 is 14.3 Å². The number of carbonyl (C=O) groups is 1. The molecule has 1 spiro atoms. The number of halogens is 1. The van der Waals surface area contributed by atoms with Crippen molar-refractivity contribution in [2.75, 3.05) is 32.8 Å². The summed E-state index contributed by atoms with van der Waals surface area (Å²) in [5, 5.41) is 12.0. The average molecular weight is 474 g/mol. The van der Waals surface area contributed by atoms with Crippen LogP contribution in [0.15, 0.2) is 23.6 Å². The number of likely N-dealkylation sites (tertiary alicyclic amines) is 2. The van der Waals surface area contributed by atoms with Crippen molar-refractivity contribution in [2.24, 2.45) is 5.41 Å². The van der Waals surface area contributed by atoms with Gasteiger partial charge < -0.3 is 10.0 Å². The molecule has 0 unspecified atom stereocenters. The summed E-state index contributed by atoms with van der Waals surface area (Å²) in [5.41, 5.74) is 2.20. The van der Waals surface area contributed by atoms with Gasteiger partial charge in [-0.05, 0) is 62.6 Å². The zero-order valence-corrected chi connectivity index (χ0v) is 20.7. The second-order valence-corrected chi connectivity index (χ2v) is 10.9. The second-order valence-electron chi connectivity index (χ2n) is 10.0. The Kier molecular flexibility index (Phi) is 7.82. The van der Waals surface area contributed by atoms with Gasteiger partial charge in [0.1, 0.15) is 11.5 Å². The van der Waals surface area contributed by atoms with Crippen LogP contribution >= 0.6 is 11.3 Å². The fourth-order valence-electron chi connectivity index (χ4n) is 5.25. The molecule has 180 valence electrons. The minimum Gasteiger partial charge on any atom is -0.396 e. The Morgan fingerprint density at radius 1 is 1.21 bits per heavy atom. The molecule has 0 atom stereocenters. The SMILES string of the molecule is CC(C)c1nc(C(=O)N2CCCC3(CCN(Cc4cccc(CCCO)c4F)CC3)C2)cs1. The highest BCUT2D eigenvalue weighted by Crippen LogP contribution is 2.40. The van der Waals surface area contributed by atoms with Crippen LogP contribution in [-0.2, 0) is 13.0 Å². The van der Waals surface area contributed by atoms with Gasteiger partial charge in [-0.25, -0.2) is 9.37 Å². The summed E-state index contributed by atoms with van der Waals surface area (Å²) < 4.78 is 14.9. The van der Waals surface area contributed by atoms with Crippen molar-refractivity contribution in [1.29, 1.82) is 0 Å². The van der Waals surface area contributed by atoms with Crippen LogP contribution in [0.5, 0.6) is 0 Å². The molecule has 2 aliphatic heterocycles. The van der Waals surface area contributed by atoms with Gasteiger partial charge in [0, 0.05) is 43.1 Å². The van der Waals surface area contributed by atoms with Crippen LogP contribution < -0.4 is 0 Å². The van der Waals surface area contributed by atoms with E-state index in [1.807, 2.05) is 28.5 Å². The molecule has 1 aromatic heterocycles. The van der Waals surface area contributed by atoms with E-state index >= 15 is 0 Å². The topological polar surface area (TPSA) is 56.7 Å². The van der Waals surface area contributed by atoms with Crippen molar-refractivity contribution in [3.63, 3.8) is 0 Å². The van der Waals surface area contributed by atoms with Crippen LogP contribution in [0.2, 0.25) is 0 Å². The first-order valence-electron chi connectivity index (χ1n) is 12.2. The Labute approximate surface area is 200 Å². The maximum absolute atomic E-state index is 14.9. The Morgan fingerprint density at radius 2 is 1.97 bits per heavy atom. The molecule has 2 fully saturated rings. The van der Waals surface area contributed by atoms with E-state index in [1.165, 1.54) is 0 Å². The highest BCUT2D eigenvalue weighted by Gasteiger charge is 2.40. The van der Waals surface area contributed by atoms with E-state index in [0.717, 1.165) is 62.4 Å². The molecule has 3 heterocycles. The smallest absolute Gasteiger partial charge is 0.273 e. The van der Waals surface area contributed by atoms with E-state index in [-0.39, 0.29) is 23.7 Å². The second kappa shape index (κ2) is 10.6. The van der Waals surface area contributed by atoms with Gasteiger partial charge in [0.05, 0.1) is 5.01 Å². The number of hydrogen-bond acceptors (Lipinski definition) is 5. The first kappa shape index (κ1) is 24.3. The lowest BCUT2D eigenvalue weighted by atomic mass is 9.72. The zero-order valence-electron chi connectivity index (χ0n) is 19.9. The molecule has 5 nitrogen and oxygen atoms in total. The number of piperidine rings is 2. The number of amides is 1. The number of carbonyl (C=O) groups excluding carboxylic acids is 1. The summed E-state index contributed by atoms with van der Waals surface area (Å²) in [6.45, 7) is 8.38. The summed E-state index contributed by atoms with van der Waals surface area (Å²) >= 11 is 1.58. The quantitative estimate of drug-likeness (QED) is 0.625. The Bertz CT molecular complexity index is 953.